The number of sulfonamides is 1. The molecule has 6 rings (SSSR count). The molecule has 2 aliphatic rings. The van der Waals surface area contributed by atoms with Gasteiger partial charge in [0.1, 0.15) is 12.6 Å². The lowest BCUT2D eigenvalue weighted by molar-refractivity contribution is -0.128. The van der Waals surface area contributed by atoms with Crippen LogP contribution in [0.4, 0.5) is 4.79 Å². The van der Waals surface area contributed by atoms with Gasteiger partial charge in [0.05, 0.1) is 22.6 Å². The van der Waals surface area contributed by atoms with Gasteiger partial charge in [0.25, 0.3) is 0 Å². The van der Waals surface area contributed by atoms with Crippen LogP contribution in [0.25, 0.3) is 10.9 Å². The molecule has 1 saturated heterocycles. The zero-order chi connectivity index (χ0) is 39.0. The molecule has 1 aliphatic carbocycles. The average molecular weight is 769 g/mol. The predicted molar refractivity (Wildman–Crippen MR) is 212 cm³/mol. The first kappa shape index (κ1) is 40.0. The molecule has 2 fully saturated rings. The van der Waals surface area contributed by atoms with E-state index in [2.05, 4.69) is 20.2 Å². The highest BCUT2D eigenvalue weighted by atomic mass is 32.2. The molecule has 4 atom stereocenters. The van der Waals surface area contributed by atoms with Crippen LogP contribution in [0.3, 0.4) is 0 Å². The summed E-state index contributed by atoms with van der Waals surface area (Å²) < 4.78 is 30.3. The Morgan fingerprint density at radius 3 is 2.47 bits per heavy atom. The number of nitrogens with zero attached hydrogens (tertiary/aromatic N) is 4. The number of rotatable bonds is 18. The highest BCUT2D eigenvalue weighted by Crippen LogP contribution is 2.31. The van der Waals surface area contributed by atoms with Crippen LogP contribution < -0.4 is 10.0 Å². The van der Waals surface area contributed by atoms with Crippen molar-refractivity contribution in [2.24, 2.45) is 17.0 Å². The number of nitroso groups, excluding NO2 is 1. The van der Waals surface area contributed by atoms with Gasteiger partial charge < -0.3 is 20.2 Å². The molecule has 0 radical (unpaired) electrons. The molecule has 13 heteroatoms. The lowest BCUT2D eigenvalue weighted by Gasteiger charge is -2.34. The van der Waals surface area contributed by atoms with Crippen molar-refractivity contribution in [1.29, 1.82) is 0 Å². The summed E-state index contributed by atoms with van der Waals surface area (Å²) in [4.78, 5) is 47.2. The number of hydrogen-bond donors (Lipinski definition) is 3. The minimum Gasteiger partial charge on any atom is -0.390 e. The van der Waals surface area contributed by atoms with Crippen molar-refractivity contribution in [2.45, 2.75) is 95.0 Å². The van der Waals surface area contributed by atoms with Crippen molar-refractivity contribution in [2.75, 3.05) is 19.6 Å². The second kappa shape index (κ2) is 18.3. The van der Waals surface area contributed by atoms with Gasteiger partial charge >= 0.3 is 6.03 Å². The van der Waals surface area contributed by atoms with E-state index < -0.39 is 34.1 Å². The molecular formula is C42H52N6O6S. The lowest BCUT2D eigenvalue weighted by atomic mass is 9.95. The van der Waals surface area contributed by atoms with Gasteiger partial charge in [-0.2, -0.15) is 4.91 Å². The molecule has 0 bridgehead atoms. The Kier molecular flexibility index (Phi) is 13.3. The monoisotopic (exact) mass is 768 g/mol. The molecule has 1 saturated carbocycles. The normalized spacial score (nSPS) is 17.3. The number of hydrogen-bond acceptors (Lipinski definition) is 8. The standard InChI is InChI=1S/C42H52N6O6S/c1-3-29(2)40(48-22-21-47(42(48)51)28-33-19-20-43-36-16-10-9-15-35(33)36)41(50)46-37(25-31-11-5-4-6-12-31)38(49)27-45-55(53,54)39-18-17-32(26-44-52)24-34(39)23-30-13-7-8-14-30/h4-6,9-12,15-20,24,29-30,37-38,40,45,49H,3,7-8,13-14,21-23,25-28H2,1-2H3,(H,46,50)/t29-,37-,38+,40-/m0/s1. The van der Waals surface area contributed by atoms with Gasteiger partial charge in [-0.25, -0.2) is 17.9 Å². The quantitative estimate of drug-likeness (QED) is 0.105. The summed E-state index contributed by atoms with van der Waals surface area (Å²) in [6, 6.07) is 22.0. The zero-order valence-electron chi connectivity index (χ0n) is 31.6. The van der Waals surface area contributed by atoms with Crippen molar-refractivity contribution in [1.82, 2.24) is 24.8 Å². The van der Waals surface area contributed by atoms with Crippen LogP contribution in [0, 0.1) is 16.7 Å². The molecule has 1 aliphatic heterocycles. The summed E-state index contributed by atoms with van der Waals surface area (Å²) in [7, 11) is -4.09. The van der Waals surface area contributed by atoms with Crippen LogP contribution in [0.2, 0.25) is 0 Å². The number of fused-ring (bicyclic) bond motifs is 1. The van der Waals surface area contributed by atoms with E-state index in [0.29, 0.717) is 49.5 Å². The van der Waals surface area contributed by atoms with E-state index in [4.69, 9.17) is 0 Å². The minimum absolute atomic E-state index is 0.0500. The fourth-order valence-corrected chi connectivity index (χ4v) is 9.30. The first-order valence-electron chi connectivity index (χ1n) is 19.4. The van der Waals surface area contributed by atoms with Crippen molar-refractivity contribution in [3.8, 4) is 0 Å². The van der Waals surface area contributed by atoms with Crippen molar-refractivity contribution >= 4 is 32.9 Å². The number of nitrogens with one attached hydrogen (secondary N) is 2. The minimum atomic E-state index is -4.09. The Hall–Kier alpha value is -4.72. The van der Waals surface area contributed by atoms with Crippen molar-refractivity contribution < 1.29 is 23.1 Å². The fourth-order valence-electron chi connectivity index (χ4n) is 8.02. The Morgan fingerprint density at radius 1 is 0.982 bits per heavy atom. The second-order valence-electron chi connectivity index (χ2n) is 15.0. The maximum Gasteiger partial charge on any atom is 0.321 e. The van der Waals surface area contributed by atoms with Gasteiger partial charge in [0, 0.05) is 37.8 Å². The zero-order valence-corrected chi connectivity index (χ0v) is 32.5. The topological polar surface area (TPSA) is 161 Å². The first-order chi connectivity index (χ1) is 26.6. The molecule has 0 spiro atoms. The Bertz CT molecular complexity index is 2050. The Labute approximate surface area is 323 Å². The number of carbonyl (C=O) groups is 2. The summed E-state index contributed by atoms with van der Waals surface area (Å²) >= 11 is 0. The van der Waals surface area contributed by atoms with E-state index in [0.717, 1.165) is 47.7 Å². The molecule has 12 nitrogen and oxygen atoms in total. The molecule has 55 heavy (non-hydrogen) atoms. The smallest absolute Gasteiger partial charge is 0.321 e. The maximum absolute atomic E-state index is 14.3. The third-order valence-electron chi connectivity index (χ3n) is 11.2. The molecule has 3 aromatic carbocycles. The highest BCUT2D eigenvalue weighted by Gasteiger charge is 2.41. The van der Waals surface area contributed by atoms with Gasteiger partial charge in [-0.1, -0.05) is 112 Å². The molecule has 3 amide bonds. The lowest BCUT2D eigenvalue weighted by Crippen LogP contribution is -2.57. The maximum atomic E-state index is 14.3. The van der Waals surface area contributed by atoms with Crippen LogP contribution >= 0.6 is 0 Å². The van der Waals surface area contributed by atoms with E-state index in [1.807, 2.05) is 74.5 Å². The predicted octanol–water partition coefficient (Wildman–Crippen LogP) is 5.95. The second-order valence-corrected chi connectivity index (χ2v) is 16.8. The largest absolute Gasteiger partial charge is 0.390 e. The van der Waals surface area contributed by atoms with Crippen LogP contribution in [0.15, 0.2) is 95.1 Å². The number of urea groups is 1. The van der Waals surface area contributed by atoms with E-state index in [-0.39, 0.29) is 36.4 Å². The number of benzene rings is 3. The Morgan fingerprint density at radius 2 is 1.73 bits per heavy atom. The van der Waals surface area contributed by atoms with E-state index in [1.54, 1.807) is 28.1 Å². The molecule has 4 aromatic rings. The molecule has 2 heterocycles. The number of para-hydroxylation sites is 1. The van der Waals surface area contributed by atoms with E-state index in [9.17, 15) is 28.0 Å². The van der Waals surface area contributed by atoms with Crippen LogP contribution in [0.5, 0.6) is 0 Å². The summed E-state index contributed by atoms with van der Waals surface area (Å²) in [6.07, 6.45) is 6.11. The number of aliphatic hydroxyl groups is 1. The van der Waals surface area contributed by atoms with Gasteiger partial charge in [-0.3, -0.25) is 9.78 Å². The average Bonchev–Trinajstić information content (AvgIpc) is 3.83. The summed E-state index contributed by atoms with van der Waals surface area (Å²) in [6.45, 7) is 4.69. The third-order valence-corrected chi connectivity index (χ3v) is 12.8. The summed E-state index contributed by atoms with van der Waals surface area (Å²) in [5.74, 6) is -0.248. The van der Waals surface area contributed by atoms with Crippen molar-refractivity contribution in [3.63, 3.8) is 0 Å². The number of aliphatic hydroxyl groups excluding tert-OH is 1. The fraction of sp³-hybridized carbons (Fsp3) is 0.452. The number of amides is 3. The van der Waals surface area contributed by atoms with Crippen LogP contribution in [-0.2, 0) is 40.7 Å². The van der Waals surface area contributed by atoms with Gasteiger partial charge in [-0.05, 0) is 65.1 Å². The van der Waals surface area contributed by atoms with Gasteiger partial charge in [0.15, 0.2) is 0 Å². The molecular weight excluding hydrogens is 717 g/mol. The molecule has 1 aromatic heterocycles. The van der Waals surface area contributed by atoms with Crippen LogP contribution in [0.1, 0.15) is 68.2 Å². The Balaban J connectivity index is 1.19. The van der Waals surface area contributed by atoms with Gasteiger partial charge in [-0.15, -0.1) is 0 Å². The number of aromatic nitrogens is 1. The molecule has 0 unspecified atom stereocenters. The SMILES string of the molecule is CC[C@H](C)[C@@H](C(=O)N[C@@H](Cc1ccccc1)[C@H](O)CNS(=O)(=O)c1ccc(CN=O)cc1CC1CCCC1)N1CCN(Cc2ccnc3ccccc23)C1=O. The molecule has 3 N–H and O–H groups in total. The van der Waals surface area contributed by atoms with Gasteiger partial charge in [0.2, 0.25) is 15.9 Å². The summed E-state index contributed by atoms with van der Waals surface area (Å²) in [5, 5.41) is 18.6. The highest BCUT2D eigenvalue weighted by molar-refractivity contribution is 7.89. The van der Waals surface area contributed by atoms with Crippen molar-refractivity contribution in [3.05, 3.63) is 112 Å². The number of carbonyl (C=O) groups excluding carboxylic acids is 2. The molecule has 292 valence electrons. The van der Waals surface area contributed by atoms with E-state index in [1.165, 1.54) is 6.07 Å². The van der Waals surface area contributed by atoms with Crippen LogP contribution in [-0.4, -0.2) is 78.1 Å². The number of pyridine rings is 1. The first-order valence-corrected chi connectivity index (χ1v) is 20.9. The summed E-state index contributed by atoms with van der Waals surface area (Å²) in [5.41, 5.74) is 3.94. The van der Waals surface area contributed by atoms with E-state index >= 15 is 0 Å². The third kappa shape index (κ3) is 9.75.